The molecule has 0 heterocycles. The Labute approximate surface area is 103 Å². The van der Waals surface area contributed by atoms with Crippen LogP contribution < -0.4 is 11.1 Å². The number of anilines is 2. The molecular formula is C13H21N3O. The van der Waals surface area contributed by atoms with Crippen LogP contribution in [0.5, 0.6) is 0 Å². The summed E-state index contributed by atoms with van der Waals surface area (Å²) in [7, 11) is 1.79. The van der Waals surface area contributed by atoms with Crippen molar-refractivity contribution in [3.05, 3.63) is 23.8 Å². The van der Waals surface area contributed by atoms with E-state index in [0.29, 0.717) is 12.2 Å². The molecule has 4 nitrogen and oxygen atoms in total. The van der Waals surface area contributed by atoms with Crippen LogP contribution in [0.25, 0.3) is 0 Å². The van der Waals surface area contributed by atoms with Gasteiger partial charge in [-0.05, 0) is 32.4 Å². The summed E-state index contributed by atoms with van der Waals surface area (Å²) in [5.74, 6) is 0.0650. The van der Waals surface area contributed by atoms with Crippen molar-refractivity contribution >= 4 is 17.3 Å². The van der Waals surface area contributed by atoms with Gasteiger partial charge in [-0.15, -0.1) is 0 Å². The van der Waals surface area contributed by atoms with Crippen LogP contribution in [0.4, 0.5) is 11.4 Å². The topological polar surface area (TPSA) is 58.4 Å². The Morgan fingerprint density at radius 2 is 2.18 bits per heavy atom. The molecule has 1 aromatic rings. The molecule has 4 heteroatoms. The van der Waals surface area contributed by atoms with E-state index in [4.69, 9.17) is 5.73 Å². The number of nitrogen functional groups attached to an aromatic ring is 1. The molecule has 1 aromatic carbocycles. The fourth-order valence-electron chi connectivity index (χ4n) is 1.65. The van der Waals surface area contributed by atoms with Crippen LogP contribution in [0, 0.1) is 6.92 Å². The number of nitrogens with one attached hydrogen (secondary N) is 1. The predicted molar refractivity (Wildman–Crippen MR) is 72.0 cm³/mol. The van der Waals surface area contributed by atoms with Gasteiger partial charge in [-0.1, -0.05) is 12.1 Å². The van der Waals surface area contributed by atoms with Gasteiger partial charge in [0.2, 0.25) is 5.91 Å². The molecule has 17 heavy (non-hydrogen) atoms. The Kier molecular flexibility index (Phi) is 4.37. The lowest BCUT2D eigenvalue weighted by molar-refractivity contribution is -0.130. The molecule has 1 unspecified atom stereocenters. The summed E-state index contributed by atoms with van der Waals surface area (Å²) in [4.78, 5) is 13.6. The number of rotatable bonds is 4. The van der Waals surface area contributed by atoms with E-state index in [0.717, 1.165) is 11.3 Å². The molecule has 0 spiro atoms. The summed E-state index contributed by atoms with van der Waals surface area (Å²) in [6, 6.07) is 5.43. The van der Waals surface area contributed by atoms with Crippen molar-refractivity contribution in [2.75, 3.05) is 24.6 Å². The van der Waals surface area contributed by atoms with Crippen molar-refractivity contribution in [2.24, 2.45) is 0 Å². The van der Waals surface area contributed by atoms with E-state index in [2.05, 4.69) is 5.32 Å². The maximum Gasteiger partial charge on any atom is 0.244 e. The Morgan fingerprint density at radius 3 is 2.71 bits per heavy atom. The van der Waals surface area contributed by atoms with E-state index in [1.165, 1.54) is 0 Å². The molecule has 0 fully saturated rings. The summed E-state index contributed by atoms with van der Waals surface area (Å²) in [5, 5.41) is 3.18. The van der Waals surface area contributed by atoms with Crippen LogP contribution in [0.2, 0.25) is 0 Å². The summed E-state index contributed by atoms with van der Waals surface area (Å²) in [5.41, 5.74) is 8.45. The zero-order valence-corrected chi connectivity index (χ0v) is 10.9. The van der Waals surface area contributed by atoms with Crippen molar-refractivity contribution in [3.63, 3.8) is 0 Å². The first-order chi connectivity index (χ1) is 7.97. The zero-order chi connectivity index (χ0) is 13.0. The molecule has 94 valence electrons. The molecular weight excluding hydrogens is 214 g/mol. The van der Waals surface area contributed by atoms with E-state index in [1.807, 2.05) is 39.0 Å². The number of benzene rings is 1. The van der Waals surface area contributed by atoms with Gasteiger partial charge < -0.3 is 16.0 Å². The normalized spacial score (nSPS) is 12.0. The number of nitrogens with zero attached hydrogens (tertiary/aromatic N) is 1. The highest BCUT2D eigenvalue weighted by Gasteiger charge is 2.17. The molecule has 0 aromatic heterocycles. The molecule has 0 saturated carbocycles. The van der Waals surface area contributed by atoms with Crippen molar-refractivity contribution in [1.82, 2.24) is 4.90 Å². The molecule has 0 aliphatic heterocycles. The fraction of sp³-hybridized carbons (Fsp3) is 0.462. The fourth-order valence-corrected chi connectivity index (χ4v) is 1.65. The Hall–Kier alpha value is -1.71. The third kappa shape index (κ3) is 3.12. The number of nitrogens with two attached hydrogens (primary N) is 1. The lowest BCUT2D eigenvalue weighted by Gasteiger charge is -2.22. The quantitative estimate of drug-likeness (QED) is 0.783. The molecule has 0 bridgehead atoms. The van der Waals surface area contributed by atoms with Crippen LogP contribution in [-0.4, -0.2) is 30.4 Å². The van der Waals surface area contributed by atoms with Crippen LogP contribution in [0.3, 0.4) is 0 Å². The van der Waals surface area contributed by atoms with Gasteiger partial charge in [0.15, 0.2) is 0 Å². The molecule has 1 amide bonds. The number of hydrogen-bond acceptors (Lipinski definition) is 3. The highest BCUT2D eigenvalue weighted by Crippen LogP contribution is 2.23. The molecule has 0 aliphatic rings. The van der Waals surface area contributed by atoms with Crippen molar-refractivity contribution in [3.8, 4) is 0 Å². The van der Waals surface area contributed by atoms with Gasteiger partial charge in [0.05, 0.1) is 11.4 Å². The molecule has 0 radical (unpaired) electrons. The molecule has 0 aliphatic carbocycles. The molecule has 3 N–H and O–H groups in total. The van der Waals surface area contributed by atoms with Gasteiger partial charge >= 0.3 is 0 Å². The third-order valence-electron chi connectivity index (χ3n) is 2.89. The highest BCUT2D eigenvalue weighted by atomic mass is 16.2. The van der Waals surface area contributed by atoms with Gasteiger partial charge in [-0.25, -0.2) is 0 Å². The van der Waals surface area contributed by atoms with Gasteiger partial charge in [0.25, 0.3) is 0 Å². The second-order valence-corrected chi connectivity index (χ2v) is 4.26. The molecule has 1 atom stereocenters. The van der Waals surface area contributed by atoms with E-state index >= 15 is 0 Å². The largest absolute Gasteiger partial charge is 0.397 e. The summed E-state index contributed by atoms with van der Waals surface area (Å²) in [6.45, 7) is 6.47. The molecule has 0 saturated heterocycles. The molecule has 1 rings (SSSR count). The maximum absolute atomic E-state index is 11.9. The van der Waals surface area contributed by atoms with Crippen molar-refractivity contribution < 1.29 is 4.79 Å². The summed E-state index contributed by atoms with van der Waals surface area (Å²) >= 11 is 0. The number of para-hydroxylation sites is 1. The van der Waals surface area contributed by atoms with Crippen molar-refractivity contribution in [1.29, 1.82) is 0 Å². The first-order valence-corrected chi connectivity index (χ1v) is 5.84. The highest BCUT2D eigenvalue weighted by molar-refractivity contribution is 5.85. The van der Waals surface area contributed by atoms with Crippen LogP contribution in [-0.2, 0) is 4.79 Å². The second-order valence-electron chi connectivity index (χ2n) is 4.26. The first kappa shape index (κ1) is 13.4. The summed E-state index contributed by atoms with van der Waals surface area (Å²) in [6.07, 6.45) is 0. The smallest absolute Gasteiger partial charge is 0.244 e. The van der Waals surface area contributed by atoms with Crippen LogP contribution >= 0.6 is 0 Å². The van der Waals surface area contributed by atoms with Crippen LogP contribution in [0.1, 0.15) is 19.4 Å². The Morgan fingerprint density at radius 1 is 1.53 bits per heavy atom. The van der Waals surface area contributed by atoms with Gasteiger partial charge in [-0.2, -0.15) is 0 Å². The van der Waals surface area contributed by atoms with E-state index in [9.17, 15) is 4.79 Å². The number of carbonyl (C=O) groups is 1. The lowest BCUT2D eigenvalue weighted by atomic mass is 10.1. The number of likely N-dealkylation sites (N-methyl/N-ethyl adjacent to an activating group) is 1. The monoisotopic (exact) mass is 235 g/mol. The minimum Gasteiger partial charge on any atom is -0.397 e. The maximum atomic E-state index is 11.9. The minimum atomic E-state index is -0.275. The average molecular weight is 235 g/mol. The Bertz CT molecular complexity index is 383. The average Bonchev–Trinajstić information content (AvgIpc) is 2.31. The van der Waals surface area contributed by atoms with Gasteiger partial charge in [0.1, 0.15) is 6.04 Å². The Balaban J connectivity index is 2.81. The van der Waals surface area contributed by atoms with E-state index < -0.39 is 0 Å². The lowest BCUT2D eigenvalue weighted by Crippen LogP contribution is -2.39. The zero-order valence-electron chi connectivity index (χ0n) is 10.9. The number of amides is 1. The van der Waals surface area contributed by atoms with E-state index in [1.54, 1.807) is 11.9 Å². The SMILES string of the molecule is CCN(C)C(=O)C(C)Nc1c(C)cccc1N. The first-order valence-electron chi connectivity index (χ1n) is 5.84. The standard InChI is InChI=1S/C13H21N3O/c1-5-16(4)13(17)10(3)15-12-9(2)7-6-8-11(12)14/h6-8,10,15H,5,14H2,1-4H3. The number of carbonyl (C=O) groups excluding carboxylic acids is 1. The minimum absolute atomic E-state index is 0.0650. The van der Waals surface area contributed by atoms with Crippen molar-refractivity contribution in [2.45, 2.75) is 26.8 Å². The van der Waals surface area contributed by atoms with Gasteiger partial charge in [-0.3, -0.25) is 4.79 Å². The van der Waals surface area contributed by atoms with E-state index in [-0.39, 0.29) is 11.9 Å². The van der Waals surface area contributed by atoms with Gasteiger partial charge in [0, 0.05) is 13.6 Å². The summed E-state index contributed by atoms with van der Waals surface area (Å²) < 4.78 is 0. The predicted octanol–water partition coefficient (Wildman–Crippen LogP) is 1.86. The van der Waals surface area contributed by atoms with Crippen LogP contribution in [0.15, 0.2) is 18.2 Å². The number of hydrogen-bond donors (Lipinski definition) is 2. The third-order valence-corrected chi connectivity index (χ3v) is 2.89. The second kappa shape index (κ2) is 5.57. The number of aryl methyl sites for hydroxylation is 1.